The van der Waals surface area contributed by atoms with Crippen molar-refractivity contribution in [3.63, 3.8) is 0 Å². The number of aromatic nitrogens is 6. The van der Waals surface area contributed by atoms with Crippen molar-refractivity contribution in [1.29, 1.82) is 0 Å². The van der Waals surface area contributed by atoms with Crippen molar-refractivity contribution < 1.29 is 12.8 Å². The second-order valence-corrected chi connectivity index (χ2v) is 11.6. The van der Waals surface area contributed by atoms with Gasteiger partial charge in [-0.05, 0) is 71.3 Å². The van der Waals surface area contributed by atoms with Gasteiger partial charge in [0.15, 0.2) is 0 Å². The Kier molecular flexibility index (Phi) is 7.03. The zero-order valence-corrected chi connectivity index (χ0v) is 23.2. The van der Waals surface area contributed by atoms with Gasteiger partial charge in [0.1, 0.15) is 17.2 Å². The van der Waals surface area contributed by atoms with Crippen molar-refractivity contribution in [2.24, 2.45) is 0 Å². The summed E-state index contributed by atoms with van der Waals surface area (Å²) in [5, 5.41) is 12.6. The minimum atomic E-state index is -3.42. The minimum Gasteiger partial charge on any atom is -0.338 e. The van der Waals surface area contributed by atoms with E-state index in [1.165, 1.54) is 12.1 Å². The number of nitrogens with zero attached hydrogens (tertiary/aromatic N) is 4. The highest BCUT2D eigenvalue weighted by molar-refractivity contribution is 7.88. The quantitative estimate of drug-likeness (QED) is 0.200. The van der Waals surface area contributed by atoms with Crippen molar-refractivity contribution in [2.75, 3.05) is 12.8 Å². The van der Waals surface area contributed by atoms with Gasteiger partial charge in [-0.1, -0.05) is 6.92 Å². The van der Waals surface area contributed by atoms with Gasteiger partial charge in [-0.2, -0.15) is 5.10 Å². The number of rotatable bonds is 9. The van der Waals surface area contributed by atoms with Gasteiger partial charge in [-0.3, -0.25) is 15.1 Å². The second kappa shape index (κ2) is 10.8. The monoisotopic (exact) mass is 570 g/mol. The molecule has 10 nitrogen and oxygen atoms in total. The van der Waals surface area contributed by atoms with Crippen LogP contribution >= 0.6 is 0 Å². The minimum absolute atomic E-state index is 0.0145. The molecule has 0 aliphatic rings. The number of halogens is 1. The van der Waals surface area contributed by atoms with Crippen LogP contribution in [-0.2, 0) is 23.1 Å². The maximum absolute atomic E-state index is 14.6. The van der Waals surface area contributed by atoms with Gasteiger partial charge in [0.2, 0.25) is 10.0 Å². The number of aromatic amines is 2. The molecule has 0 fully saturated rings. The molecule has 6 aromatic rings. The third-order valence-electron chi connectivity index (χ3n) is 6.71. The summed E-state index contributed by atoms with van der Waals surface area (Å²) in [6.45, 7) is 3.64. The van der Waals surface area contributed by atoms with Gasteiger partial charge in [0.25, 0.3) is 0 Å². The first kappa shape index (κ1) is 26.7. The summed E-state index contributed by atoms with van der Waals surface area (Å²) in [6.07, 6.45) is 8.10. The summed E-state index contributed by atoms with van der Waals surface area (Å²) in [5.74, 6) is -0.462. The second-order valence-electron chi connectivity index (χ2n) is 9.79. The molecular weight excluding hydrogens is 543 g/mol. The Bertz CT molecular complexity index is 2000. The first-order valence-corrected chi connectivity index (χ1v) is 14.9. The zero-order chi connectivity index (χ0) is 28.6. The van der Waals surface area contributed by atoms with Crippen molar-refractivity contribution in [2.45, 2.75) is 20.0 Å². The molecule has 0 atom stereocenters. The lowest BCUT2D eigenvalue weighted by molar-refractivity contribution is 0.586. The van der Waals surface area contributed by atoms with Crippen LogP contribution in [0.3, 0.4) is 0 Å². The van der Waals surface area contributed by atoms with Crippen LogP contribution in [0, 0.1) is 5.82 Å². The summed E-state index contributed by atoms with van der Waals surface area (Å²) in [5.41, 5.74) is 7.44. The molecule has 0 saturated carbocycles. The lowest BCUT2D eigenvalue weighted by atomic mass is 10.0. The Balaban J connectivity index is 1.39. The number of benzene rings is 1. The summed E-state index contributed by atoms with van der Waals surface area (Å²) in [6, 6.07) is 12.3. The van der Waals surface area contributed by atoms with E-state index in [1.807, 2.05) is 18.3 Å². The average Bonchev–Trinajstić information content (AvgIpc) is 3.58. The number of pyridine rings is 3. The van der Waals surface area contributed by atoms with Gasteiger partial charge >= 0.3 is 0 Å². The first-order valence-electron chi connectivity index (χ1n) is 13.0. The molecule has 0 unspecified atom stereocenters. The normalized spacial score (nSPS) is 12.0. The average molecular weight is 571 g/mol. The van der Waals surface area contributed by atoms with Crippen LogP contribution in [0.5, 0.6) is 0 Å². The van der Waals surface area contributed by atoms with E-state index in [4.69, 9.17) is 0 Å². The van der Waals surface area contributed by atoms with Crippen LogP contribution in [-0.4, -0.2) is 51.4 Å². The van der Waals surface area contributed by atoms with E-state index in [1.54, 1.807) is 30.7 Å². The van der Waals surface area contributed by atoms with E-state index >= 15 is 0 Å². The van der Waals surface area contributed by atoms with Crippen molar-refractivity contribution in [1.82, 2.24) is 40.2 Å². The molecule has 208 valence electrons. The first-order chi connectivity index (χ1) is 19.8. The Hall–Kier alpha value is -4.52. The Morgan fingerprint density at radius 2 is 1.78 bits per heavy atom. The molecule has 4 N–H and O–H groups in total. The smallest absolute Gasteiger partial charge is 0.209 e. The highest BCUT2D eigenvalue weighted by atomic mass is 32.2. The van der Waals surface area contributed by atoms with Gasteiger partial charge < -0.3 is 10.3 Å². The number of sulfonamides is 1. The van der Waals surface area contributed by atoms with E-state index in [2.05, 4.69) is 53.2 Å². The summed E-state index contributed by atoms with van der Waals surface area (Å²) in [4.78, 5) is 16.8. The number of fused-ring (bicyclic) bond motifs is 2. The maximum atomic E-state index is 14.6. The lowest BCUT2D eigenvalue weighted by Crippen LogP contribution is -2.21. The van der Waals surface area contributed by atoms with Crippen LogP contribution in [0.1, 0.15) is 18.1 Å². The molecule has 41 heavy (non-hydrogen) atoms. The lowest BCUT2D eigenvalue weighted by Gasteiger charge is -2.08. The fourth-order valence-corrected chi connectivity index (χ4v) is 5.23. The molecule has 6 rings (SSSR count). The predicted molar refractivity (Wildman–Crippen MR) is 157 cm³/mol. The highest BCUT2D eigenvalue weighted by Crippen LogP contribution is 2.34. The number of nitrogens with one attached hydrogen (secondary N) is 4. The summed E-state index contributed by atoms with van der Waals surface area (Å²) < 4.78 is 40.1. The molecule has 12 heteroatoms. The fourth-order valence-electron chi connectivity index (χ4n) is 4.80. The van der Waals surface area contributed by atoms with Gasteiger partial charge in [-0.15, -0.1) is 0 Å². The highest BCUT2D eigenvalue weighted by Gasteiger charge is 2.16. The molecule has 0 aliphatic carbocycles. The van der Waals surface area contributed by atoms with Crippen molar-refractivity contribution in [3.05, 3.63) is 84.2 Å². The molecule has 0 saturated heterocycles. The van der Waals surface area contributed by atoms with Crippen LogP contribution in [0.4, 0.5) is 4.39 Å². The molecule has 0 amide bonds. The van der Waals surface area contributed by atoms with Crippen molar-refractivity contribution in [3.8, 4) is 33.8 Å². The van der Waals surface area contributed by atoms with Crippen molar-refractivity contribution >= 4 is 32.0 Å². The molecule has 0 spiro atoms. The van der Waals surface area contributed by atoms with Crippen LogP contribution < -0.4 is 10.0 Å². The molecule has 1 aromatic carbocycles. The zero-order valence-electron chi connectivity index (χ0n) is 22.4. The third-order valence-corrected chi connectivity index (χ3v) is 7.38. The van der Waals surface area contributed by atoms with Crippen LogP contribution in [0.25, 0.3) is 55.7 Å². The molecule has 0 bridgehead atoms. The van der Waals surface area contributed by atoms with E-state index in [0.29, 0.717) is 22.5 Å². The topological polar surface area (TPSA) is 141 Å². The number of hydrogen-bond donors (Lipinski definition) is 4. The van der Waals surface area contributed by atoms with E-state index in [0.717, 1.165) is 63.7 Å². The standard InChI is InChI=1S/C29H27FN8O2S/c1-3-31-12-18-7-20(15-32-13-18)25-11-24-27(16-34-25)37-38-28(24)26-10-23-22(4-5-33-29(23)36-26)19-6-17(8-21(30)9-19)14-35-41(2,39)40/h4-11,13,15-16,31,35H,3,12,14H2,1-2H3,(H,33,36)(H,37,38). The molecular formula is C29H27FN8O2S. The SMILES string of the molecule is CCNCc1cncc(-c2cc3c(-c4cc5c(-c6cc(F)cc(CNS(C)(=O)=O)c6)ccnc5[nH]4)n[nH]c3cn2)c1. The van der Waals surface area contributed by atoms with Crippen LogP contribution in [0.2, 0.25) is 0 Å². The largest absolute Gasteiger partial charge is 0.338 e. The fraction of sp³-hybridized carbons (Fsp3) is 0.172. The molecule has 0 aliphatic heterocycles. The summed E-state index contributed by atoms with van der Waals surface area (Å²) in [7, 11) is -3.42. The van der Waals surface area contributed by atoms with Gasteiger partial charge in [-0.25, -0.2) is 22.5 Å². The van der Waals surface area contributed by atoms with Crippen LogP contribution in [0.15, 0.2) is 67.3 Å². The maximum Gasteiger partial charge on any atom is 0.209 e. The van der Waals surface area contributed by atoms with Gasteiger partial charge in [0.05, 0.1) is 29.4 Å². The summed E-state index contributed by atoms with van der Waals surface area (Å²) >= 11 is 0. The third kappa shape index (κ3) is 5.71. The molecule has 0 radical (unpaired) electrons. The number of hydrogen-bond acceptors (Lipinski definition) is 7. The Labute approximate surface area is 235 Å². The number of H-pyrrole nitrogens is 2. The Morgan fingerprint density at radius 3 is 2.61 bits per heavy atom. The molecule has 5 heterocycles. The Morgan fingerprint density at radius 1 is 0.927 bits per heavy atom. The molecule has 5 aromatic heterocycles. The van der Waals surface area contributed by atoms with E-state index < -0.39 is 15.8 Å². The predicted octanol–water partition coefficient (Wildman–Crippen LogP) is 4.53. The van der Waals surface area contributed by atoms with Gasteiger partial charge in [0, 0.05) is 48.0 Å². The van der Waals surface area contributed by atoms with E-state index in [9.17, 15) is 12.8 Å². The van der Waals surface area contributed by atoms with E-state index in [-0.39, 0.29) is 6.54 Å².